The van der Waals surface area contributed by atoms with Crippen LogP contribution in [0.25, 0.3) is 10.9 Å². The monoisotopic (exact) mass is 343 g/mol. The Hall–Kier alpha value is -1.99. The van der Waals surface area contributed by atoms with Crippen LogP contribution in [0.1, 0.15) is 23.3 Å². The number of benzene rings is 1. The molecule has 1 aliphatic rings. The fourth-order valence-electron chi connectivity index (χ4n) is 2.44. The Morgan fingerprint density at radius 3 is 2.74 bits per heavy atom. The van der Waals surface area contributed by atoms with E-state index < -0.39 is 28.1 Å². The van der Waals surface area contributed by atoms with Crippen LogP contribution in [-0.4, -0.2) is 30.4 Å². The Labute approximate surface area is 134 Å². The Morgan fingerprint density at radius 1 is 1.48 bits per heavy atom. The highest BCUT2D eigenvalue weighted by molar-refractivity contribution is 6.35. The normalized spacial score (nSPS) is 14.8. The number of rotatable bonds is 3. The molecule has 0 spiro atoms. The van der Waals surface area contributed by atoms with Crippen molar-refractivity contribution in [3.63, 3.8) is 0 Å². The van der Waals surface area contributed by atoms with Crippen LogP contribution >= 0.6 is 11.6 Å². The van der Waals surface area contributed by atoms with E-state index in [1.165, 1.54) is 10.8 Å². The van der Waals surface area contributed by atoms with Gasteiger partial charge in [0.1, 0.15) is 10.6 Å². The third-order valence-corrected chi connectivity index (χ3v) is 4.01. The fourth-order valence-corrected chi connectivity index (χ4v) is 2.73. The van der Waals surface area contributed by atoms with E-state index in [0.717, 1.165) is 6.07 Å². The molecule has 0 aliphatic carbocycles. The number of ether oxygens (including phenoxy) is 2. The van der Waals surface area contributed by atoms with Gasteiger partial charge in [0.2, 0.25) is 5.43 Å². The molecule has 1 aromatic heterocycles. The molecule has 2 aromatic rings. The van der Waals surface area contributed by atoms with Gasteiger partial charge < -0.3 is 14.0 Å². The summed E-state index contributed by atoms with van der Waals surface area (Å²) in [6.45, 7) is 2.32. The van der Waals surface area contributed by atoms with Crippen molar-refractivity contribution in [2.24, 2.45) is 0 Å². The Bertz CT molecular complexity index is 861. The summed E-state index contributed by atoms with van der Waals surface area (Å²) in [5, 5.41) is -0.675. The second kappa shape index (κ2) is 5.90. The molecular formula is C15H12ClF2NO4. The lowest BCUT2D eigenvalue weighted by atomic mass is 10.1. The molecule has 2 heterocycles. The smallest absolute Gasteiger partial charge is 0.343 e. The van der Waals surface area contributed by atoms with Crippen LogP contribution in [0.3, 0.4) is 0 Å². The number of carbonyl (C=O) groups is 1. The van der Waals surface area contributed by atoms with E-state index in [1.54, 1.807) is 6.92 Å². The highest BCUT2D eigenvalue weighted by Crippen LogP contribution is 2.31. The van der Waals surface area contributed by atoms with Crippen LogP contribution in [0.4, 0.5) is 8.78 Å². The van der Waals surface area contributed by atoms with E-state index in [1.807, 2.05) is 0 Å². The average Bonchev–Trinajstić information content (AvgIpc) is 2.46. The summed E-state index contributed by atoms with van der Waals surface area (Å²) in [6.07, 6.45) is 1.26. The summed E-state index contributed by atoms with van der Waals surface area (Å²) < 4.78 is 38.8. The van der Waals surface area contributed by atoms with Gasteiger partial charge in [-0.05, 0) is 13.0 Å². The summed E-state index contributed by atoms with van der Waals surface area (Å²) in [5.74, 6) is -3.32. The van der Waals surface area contributed by atoms with Gasteiger partial charge in [0.15, 0.2) is 11.6 Å². The van der Waals surface area contributed by atoms with Crippen molar-refractivity contribution in [3.05, 3.63) is 44.7 Å². The van der Waals surface area contributed by atoms with Gasteiger partial charge in [-0.1, -0.05) is 11.6 Å². The maximum atomic E-state index is 13.8. The van der Waals surface area contributed by atoms with Gasteiger partial charge in [0.05, 0.1) is 36.8 Å². The summed E-state index contributed by atoms with van der Waals surface area (Å²) in [6, 6.07) is 0.520. The molecule has 122 valence electrons. The maximum absolute atomic E-state index is 13.8. The Balaban J connectivity index is 2.37. The lowest BCUT2D eigenvalue weighted by Crippen LogP contribution is -2.33. The summed E-state index contributed by atoms with van der Waals surface area (Å²) in [4.78, 5) is 24.4. The molecule has 1 fully saturated rings. The zero-order valence-electron chi connectivity index (χ0n) is 12.1. The van der Waals surface area contributed by atoms with Gasteiger partial charge >= 0.3 is 5.97 Å². The minimum absolute atomic E-state index is 0.0388. The first-order valence-corrected chi connectivity index (χ1v) is 7.30. The zero-order chi connectivity index (χ0) is 16.7. The number of carbonyl (C=O) groups excluding carboxylic acids is 1. The molecule has 0 saturated carbocycles. The first kappa shape index (κ1) is 15.9. The maximum Gasteiger partial charge on any atom is 0.343 e. The predicted octanol–water partition coefficient (Wildman–Crippen LogP) is 2.68. The van der Waals surface area contributed by atoms with Crippen molar-refractivity contribution in [2.75, 3.05) is 19.8 Å². The fraction of sp³-hybridized carbons (Fsp3) is 0.333. The molecule has 1 saturated heterocycles. The molecular weight excluding hydrogens is 332 g/mol. The van der Waals surface area contributed by atoms with Gasteiger partial charge in [-0.3, -0.25) is 4.79 Å². The predicted molar refractivity (Wildman–Crippen MR) is 78.9 cm³/mol. The highest BCUT2D eigenvalue weighted by Gasteiger charge is 2.27. The minimum atomic E-state index is -1.25. The quantitative estimate of drug-likeness (QED) is 0.635. The highest BCUT2D eigenvalue weighted by atomic mass is 35.5. The largest absolute Gasteiger partial charge is 0.462 e. The number of nitrogens with zero attached hydrogens (tertiary/aromatic N) is 1. The minimum Gasteiger partial charge on any atom is -0.462 e. The first-order chi connectivity index (χ1) is 11.0. The van der Waals surface area contributed by atoms with Crippen molar-refractivity contribution >= 4 is 28.5 Å². The number of pyridine rings is 1. The van der Waals surface area contributed by atoms with E-state index in [2.05, 4.69) is 0 Å². The molecule has 1 aliphatic heterocycles. The van der Waals surface area contributed by atoms with Crippen LogP contribution in [0, 0.1) is 11.6 Å². The van der Waals surface area contributed by atoms with Crippen LogP contribution < -0.4 is 5.43 Å². The van der Waals surface area contributed by atoms with Crippen molar-refractivity contribution < 1.29 is 23.0 Å². The molecule has 23 heavy (non-hydrogen) atoms. The van der Waals surface area contributed by atoms with Crippen LogP contribution in [-0.2, 0) is 9.47 Å². The van der Waals surface area contributed by atoms with Crippen molar-refractivity contribution in [1.29, 1.82) is 0 Å². The number of esters is 1. The summed E-state index contributed by atoms with van der Waals surface area (Å²) in [7, 11) is 0. The number of halogens is 3. The van der Waals surface area contributed by atoms with Crippen molar-refractivity contribution in [3.8, 4) is 0 Å². The third kappa shape index (κ3) is 2.49. The van der Waals surface area contributed by atoms with E-state index in [9.17, 15) is 18.4 Å². The molecule has 0 atom stereocenters. The zero-order valence-corrected chi connectivity index (χ0v) is 12.8. The number of hydrogen-bond donors (Lipinski definition) is 0. The van der Waals surface area contributed by atoms with E-state index in [4.69, 9.17) is 21.1 Å². The third-order valence-electron chi connectivity index (χ3n) is 3.66. The summed E-state index contributed by atoms with van der Waals surface area (Å²) in [5.41, 5.74) is -0.971. The first-order valence-electron chi connectivity index (χ1n) is 6.92. The topological polar surface area (TPSA) is 57.5 Å². The van der Waals surface area contributed by atoms with Gasteiger partial charge in [-0.25, -0.2) is 13.6 Å². The van der Waals surface area contributed by atoms with Gasteiger partial charge in [0, 0.05) is 6.20 Å². The second-order valence-corrected chi connectivity index (χ2v) is 5.45. The second-order valence-electron chi connectivity index (χ2n) is 5.07. The molecule has 0 amide bonds. The number of aromatic nitrogens is 1. The van der Waals surface area contributed by atoms with Crippen molar-refractivity contribution in [1.82, 2.24) is 4.57 Å². The Morgan fingerprint density at radius 2 is 2.17 bits per heavy atom. The molecule has 1 aromatic carbocycles. The van der Waals surface area contributed by atoms with Crippen molar-refractivity contribution in [2.45, 2.75) is 13.0 Å². The lowest BCUT2D eigenvalue weighted by Gasteiger charge is -2.30. The van der Waals surface area contributed by atoms with Gasteiger partial charge in [0.25, 0.3) is 0 Å². The molecule has 0 N–H and O–H groups in total. The average molecular weight is 344 g/mol. The summed E-state index contributed by atoms with van der Waals surface area (Å²) >= 11 is 5.89. The molecule has 0 bridgehead atoms. The SMILES string of the molecule is CCOC(=O)c1cn(C2COC2)c2c(Cl)c(F)c(F)cc2c1=O. The number of hydrogen-bond acceptors (Lipinski definition) is 4. The van der Waals surface area contributed by atoms with Crippen LogP contribution in [0.15, 0.2) is 17.1 Å². The Kier molecular flexibility index (Phi) is 4.08. The van der Waals surface area contributed by atoms with Crippen LogP contribution in [0.5, 0.6) is 0 Å². The van der Waals surface area contributed by atoms with E-state index in [0.29, 0.717) is 13.2 Å². The van der Waals surface area contributed by atoms with E-state index >= 15 is 0 Å². The molecule has 3 rings (SSSR count). The lowest BCUT2D eigenvalue weighted by molar-refractivity contribution is -0.0217. The standard InChI is InChI=1S/C15H12ClF2NO4/c1-2-23-15(21)9-4-19(7-5-22-6-7)13-8(14(9)20)3-10(17)12(18)11(13)16/h3-4,7H,2,5-6H2,1H3. The van der Waals surface area contributed by atoms with E-state index in [-0.39, 0.29) is 29.1 Å². The van der Waals surface area contributed by atoms with Crippen LogP contribution in [0.2, 0.25) is 5.02 Å². The molecule has 5 nitrogen and oxygen atoms in total. The van der Waals surface area contributed by atoms with Gasteiger partial charge in [-0.2, -0.15) is 0 Å². The van der Waals surface area contributed by atoms with Gasteiger partial charge in [-0.15, -0.1) is 0 Å². The molecule has 0 unspecified atom stereocenters. The molecule has 8 heteroatoms. The molecule has 0 radical (unpaired) electrons. The number of fused-ring (bicyclic) bond motifs is 1.